The van der Waals surface area contributed by atoms with Crippen LogP contribution in [0.25, 0.3) is 5.69 Å². The van der Waals surface area contributed by atoms with E-state index in [2.05, 4.69) is 22.7 Å². The van der Waals surface area contributed by atoms with Gasteiger partial charge < -0.3 is 5.32 Å². The maximum Gasteiger partial charge on any atom is 0.368 e. The molecule has 0 radical (unpaired) electrons. The summed E-state index contributed by atoms with van der Waals surface area (Å²) in [6, 6.07) is 16.9. The van der Waals surface area contributed by atoms with Crippen LogP contribution >= 0.6 is 0 Å². The molecular formula is C19H21N5O2. The Kier molecular flexibility index (Phi) is 5.26. The number of para-hydroxylation sites is 1. The molecule has 7 nitrogen and oxygen atoms in total. The van der Waals surface area contributed by atoms with Crippen LogP contribution in [-0.4, -0.2) is 25.7 Å². The summed E-state index contributed by atoms with van der Waals surface area (Å²) in [5.74, 6) is -0.292. The number of amides is 1. The lowest BCUT2D eigenvalue weighted by molar-refractivity contribution is -0.122. The number of hydrogen-bond acceptors (Lipinski definition) is 4. The lowest BCUT2D eigenvalue weighted by atomic mass is 10.1. The normalized spacial score (nSPS) is 11.9. The largest absolute Gasteiger partial charge is 0.368 e. The van der Waals surface area contributed by atoms with Gasteiger partial charge in [0.1, 0.15) is 6.54 Å². The third-order valence-electron chi connectivity index (χ3n) is 4.20. The summed E-state index contributed by atoms with van der Waals surface area (Å²) in [6.07, 6.45) is 0.973. The van der Waals surface area contributed by atoms with Gasteiger partial charge in [-0.25, -0.2) is 4.79 Å². The van der Waals surface area contributed by atoms with Gasteiger partial charge in [0.05, 0.1) is 11.7 Å². The summed E-state index contributed by atoms with van der Waals surface area (Å²) in [6.45, 7) is 3.83. The molecule has 0 saturated carbocycles. The van der Waals surface area contributed by atoms with E-state index in [1.165, 1.54) is 10.2 Å². The van der Waals surface area contributed by atoms with Crippen molar-refractivity contribution in [3.63, 3.8) is 0 Å². The van der Waals surface area contributed by atoms with Crippen molar-refractivity contribution in [2.24, 2.45) is 0 Å². The first kappa shape index (κ1) is 17.6. The van der Waals surface area contributed by atoms with Crippen LogP contribution < -0.4 is 11.0 Å². The zero-order valence-corrected chi connectivity index (χ0v) is 14.8. The topological polar surface area (TPSA) is 81.8 Å². The number of carbonyl (C=O) groups excluding carboxylic acids is 1. The summed E-state index contributed by atoms with van der Waals surface area (Å²) in [5.41, 5.74) is 2.41. The molecule has 134 valence electrons. The van der Waals surface area contributed by atoms with E-state index in [0.717, 1.165) is 16.7 Å². The molecule has 7 heteroatoms. The highest BCUT2D eigenvalue weighted by Gasteiger charge is 2.14. The van der Waals surface area contributed by atoms with Crippen LogP contribution in [0.1, 0.15) is 31.0 Å². The van der Waals surface area contributed by atoms with E-state index in [1.54, 1.807) is 24.3 Å². The molecule has 0 spiro atoms. The van der Waals surface area contributed by atoms with Crippen LogP contribution in [0, 0.1) is 0 Å². The fraction of sp³-hybridized carbons (Fsp3) is 0.263. The van der Waals surface area contributed by atoms with Gasteiger partial charge in [-0.15, -0.1) is 0 Å². The van der Waals surface area contributed by atoms with Gasteiger partial charge in [-0.2, -0.15) is 9.36 Å². The summed E-state index contributed by atoms with van der Waals surface area (Å²) in [5, 5.41) is 10.5. The molecule has 1 heterocycles. The zero-order chi connectivity index (χ0) is 18.5. The molecule has 0 bridgehead atoms. The van der Waals surface area contributed by atoms with Crippen LogP contribution in [0.2, 0.25) is 0 Å². The molecule has 2 aromatic carbocycles. The Labute approximate surface area is 151 Å². The van der Waals surface area contributed by atoms with Crippen LogP contribution in [0.4, 0.5) is 0 Å². The maximum absolute atomic E-state index is 12.4. The van der Waals surface area contributed by atoms with Gasteiger partial charge in [0, 0.05) is 0 Å². The number of nitrogens with zero attached hydrogens (tertiary/aromatic N) is 4. The van der Waals surface area contributed by atoms with Crippen molar-refractivity contribution >= 4 is 5.91 Å². The maximum atomic E-state index is 12.4. The smallest absolute Gasteiger partial charge is 0.348 e. The predicted molar refractivity (Wildman–Crippen MR) is 98.0 cm³/mol. The van der Waals surface area contributed by atoms with E-state index in [-0.39, 0.29) is 18.5 Å². The molecule has 1 aromatic heterocycles. The molecule has 0 saturated heterocycles. The standard InChI is InChI=1S/C19H21N5O2/c1-3-15-9-11-16(12-10-15)14(2)20-18(25)13-23-19(26)24(22-21-23)17-7-5-4-6-8-17/h4-12,14H,3,13H2,1-2H3,(H,20,25)/t14-/m0/s1. The zero-order valence-electron chi connectivity index (χ0n) is 14.8. The number of rotatable bonds is 6. The highest BCUT2D eigenvalue weighted by molar-refractivity contribution is 5.76. The molecule has 26 heavy (non-hydrogen) atoms. The molecule has 3 aromatic rings. The van der Waals surface area contributed by atoms with Gasteiger partial charge in [0.25, 0.3) is 0 Å². The van der Waals surface area contributed by atoms with E-state index >= 15 is 0 Å². The van der Waals surface area contributed by atoms with Crippen molar-refractivity contribution < 1.29 is 4.79 Å². The lowest BCUT2D eigenvalue weighted by Crippen LogP contribution is -2.34. The molecule has 1 atom stereocenters. The fourth-order valence-corrected chi connectivity index (χ4v) is 2.65. The van der Waals surface area contributed by atoms with Crippen LogP contribution in [0.15, 0.2) is 59.4 Å². The van der Waals surface area contributed by atoms with Gasteiger partial charge in [-0.3, -0.25) is 4.79 Å². The van der Waals surface area contributed by atoms with Crippen molar-refractivity contribution in [3.05, 3.63) is 76.2 Å². The molecule has 0 fully saturated rings. The van der Waals surface area contributed by atoms with Crippen LogP contribution in [0.5, 0.6) is 0 Å². The second kappa shape index (κ2) is 7.77. The van der Waals surface area contributed by atoms with Gasteiger partial charge in [-0.05, 0) is 47.0 Å². The van der Waals surface area contributed by atoms with E-state index in [4.69, 9.17) is 0 Å². The molecule has 0 unspecified atom stereocenters. The summed E-state index contributed by atoms with van der Waals surface area (Å²) < 4.78 is 2.22. The molecule has 0 aliphatic heterocycles. The van der Waals surface area contributed by atoms with Crippen molar-refractivity contribution in [2.75, 3.05) is 0 Å². The Morgan fingerprint density at radius 3 is 2.42 bits per heavy atom. The minimum Gasteiger partial charge on any atom is -0.348 e. The molecule has 1 amide bonds. The Morgan fingerprint density at radius 2 is 1.77 bits per heavy atom. The SMILES string of the molecule is CCc1ccc([C@H](C)NC(=O)Cn2nnn(-c3ccccc3)c2=O)cc1. The van der Waals surface area contributed by atoms with Crippen molar-refractivity contribution in [3.8, 4) is 5.69 Å². The average molecular weight is 351 g/mol. The van der Waals surface area contributed by atoms with Gasteiger partial charge in [0.15, 0.2) is 0 Å². The molecule has 0 aliphatic carbocycles. The van der Waals surface area contributed by atoms with E-state index in [9.17, 15) is 9.59 Å². The van der Waals surface area contributed by atoms with Crippen molar-refractivity contribution in [1.82, 2.24) is 25.1 Å². The quantitative estimate of drug-likeness (QED) is 0.735. The third kappa shape index (κ3) is 3.88. The first-order valence-electron chi connectivity index (χ1n) is 8.55. The average Bonchev–Trinajstić information content (AvgIpc) is 3.02. The number of benzene rings is 2. The van der Waals surface area contributed by atoms with Crippen molar-refractivity contribution in [1.29, 1.82) is 0 Å². The Balaban J connectivity index is 1.66. The first-order valence-corrected chi connectivity index (χ1v) is 8.55. The van der Waals surface area contributed by atoms with Crippen LogP contribution in [0.3, 0.4) is 0 Å². The summed E-state index contributed by atoms with van der Waals surface area (Å²) >= 11 is 0. The number of aromatic nitrogens is 4. The number of hydrogen-bond donors (Lipinski definition) is 1. The number of carbonyl (C=O) groups is 1. The number of aryl methyl sites for hydroxylation is 1. The van der Waals surface area contributed by atoms with Gasteiger partial charge in [-0.1, -0.05) is 49.4 Å². The van der Waals surface area contributed by atoms with Gasteiger partial charge in [0.2, 0.25) is 5.91 Å². The third-order valence-corrected chi connectivity index (χ3v) is 4.20. The van der Waals surface area contributed by atoms with Crippen molar-refractivity contribution in [2.45, 2.75) is 32.9 Å². The summed E-state index contributed by atoms with van der Waals surface area (Å²) in [7, 11) is 0. The number of tetrazole rings is 1. The number of nitrogens with one attached hydrogen (secondary N) is 1. The Bertz CT molecular complexity index is 929. The second-order valence-electron chi connectivity index (χ2n) is 6.05. The van der Waals surface area contributed by atoms with Crippen LogP contribution in [-0.2, 0) is 17.8 Å². The Morgan fingerprint density at radius 1 is 1.08 bits per heavy atom. The molecule has 0 aliphatic rings. The van der Waals surface area contributed by atoms with E-state index in [1.807, 2.05) is 37.3 Å². The lowest BCUT2D eigenvalue weighted by Gasteiger charge is -2.14. The predicted octanol–water partition coefficient (Wildman–Crippen LogP) is 1.87. The second-order valence-corrected chi connectivity index (χ2v) is 6.05. The molecular weight excluding hydrogens is 330 g/mol. The van der Waals surface area contributed by atoms with E-state index in [0.29, 0.717) is 5.69 Å². The molecule has 3 rings (SSSR count). The minimum atomic E-state index is -0.452. The molecule has 1 N–H and O–H groups in total. The monoisotopic (exact) mass is 351 g/mol. The fourth-order valence-electron chi connectivity index (χ4n) is 2.65. The Hall–Kier alpha value is -3.22. The highest BCUT2D eigenvalue weighted by atomic mass is 16.2. The van der Waals surface area contributed by atoms with E-state index < -0.39 is 5.69 Å². The summed E-state index contributed by atoms with van der Waals surface area (Å²) in [4.78, 5) is 24.6. The van der Waals surface area contributed by atoms with Gasteiger partial charge >= 0.3 is 5.69 Å². The minimum absolute atomic E-state index is 0.159. The first-order chi connectivity index (χ1) is 12.6. The highest BCUT2D eigenvalue weighted by Crippen LogP contribution is 2.13.